The number of nitrogens with one attached hydrogen (secondary N) is 1. The summed E-state index contributed by atoms with van der Waals surface area (Å²) in [6.45, 7) is 2.03. The molecule has 2 aromatic rings. The van der Waals surface area contributed by atoms with Crippen molar-refractivity contribution in [2.24, 2.45) is 7.05 Å². The second kappa shape index (κ2) is 6.60. The van der Waals surface area contributed by atoms with E-state index in [2.05, 4.69) is 15.4 Å². The standard InChI is InChI=1S/C16H22N4OS/c1-3-11-10-13(20(2)19-11)15(21)18-16-17-12-8-6-4-5-7-9-14(12)22-16/h10H,3-9H2,1-2H3,(H,17,18,21). The molecule has 22 heavy (non-hydrogen) atoms. The summed E-state index contributed by atoms with van der Waals surface area (Å²) < 4.78 is 1.64. The highest BCUT2D eigenvalue weighted by molar-refractivity contribution is 7.15. The second-order valence-corrected chi connectivity index (χ2v) is 6.84. The molecule has 118 valence electrons. The summed E-state index contributed by atoms with van der Waals surface area (Å²) in [4.78, 5) is 18.4. The topological polar surface area (TPSA) is 59.8 Å². The summed E-state index contributed by atoms with van der Waals surface area (Å²) >= 11 is 1.63. The second-order valence-electron chi connectivity index (χ2n) is 5.76. The Morgan fingerprint density at radius 1 is 1.32 bits per heavy atom. The van der Waals surface area contributed by atoms with Crippen LogP contribution in [0.2, 0.25) is 0 Å². The number of carbonyl (C=O) groups is 1. The predicted molar refractivity (Wildman–Crippen MR) is 88.5 cm³/mol. The number of amides is 1. The number of hydrogen-bond donors (Lipinski definition) is 1. The first kappa shape index (κ1) is 15.2. The van der Waals surface area contributed by atoms with Gasteiger partial charge in [0.1, 0.15) is 5.69 Å². The van der Waals surface area contributed by atoms with Crippen LogP contribution in [0.25, 0.3) is 0 Å². The van der Waals surface area contributed by atoms with Crippen molar-refractivity contribution in [3.63, 3.8) is 0 Å². The molecule has 1 aliphatic carbocycles. The lowest BCUT2D eigenvalue weighted by Gasteiger charge is -2.06. The minimum absolute atomic E-state index is 0.128. The zero-order valence-corrected chi connectivity index (χ0v) is 14.0. The van der Waals surface area contributed by atoms with Crippen LogP contribution in [0.3, 0.4) is 0 Å². The minimum atomic E-state index is -0.128. The fourth-order valence-corrected chi connectivity index (χ4v) is 3.88. The maximum atomic E-state index is 12.4. The van der Waals surface area contributed by atoms with E-state index in [0.29, 0.717) is 5.69 Å². The van der Waals surface area contributed by atoms with Crippen LogP contribution in [-0.2, 0) is 26.3 Å². The minimum Gasteiger partial charge on any atom is -0.296 e. The number of anilines is 1. The maximum Gasteiger partial charge on any atom is 0.275 e. The van der Waals surface area contributed by atoms with Gasteiger partial charge in [0.05, 0.1) is 11.4 Å². The van der Waals surface area contributed by atoms with E-state index >= 15 is 0 Å². The largest absolute Gasteiger partial charge is 0.296 e. The van der Waals surface area contributed by atoms with Crippen molar-refractivity contribution in [3.8, 4) is 0 Å². The number of rotatable bonds is 3. The summed E-state index contributed by atoms with van der Waals surface area (Å²) in [7, 11) is 1.80. The molecule has 0 saturated heterocycles. The molecule has 3 rings (SSSR count). The molecule has 0 unspecified atom stereocenters. The molecular weight excluding hydrogens is 296 g/mol. The van der Waals surface area contributed by atoms with E-state index in [4.69, 9.17) is 0 Å². The van der Waals surface area contributed by atoms with E-state index in [1.807, 2.05) is 13.0 Å². The molecular formula is C16H22N4OS. The first-order chi connectivity index (χ1) is 10.7. The normalized spacial score (nSPS) is 15.0. The summed E-state index contributed by atoms with van der Waals surface area (Å²) in [6.07, 6.45) is 7.96. The van der Waals surface area contributed by atoms with Gasteiger partial charge in [-0.25, -0.2) is 4.98 Å². The van der Waals surface area contributed by atoms with Crippen molar-refractivity contribution >= 4 is 22.4 Å². The zero-order chi connectivity index (χ0) is 15.5. The Hall–Kier alpha value is -1.69. The lowest BCUT2D eigenvalue weighted by Crippen LogP contribution is -2.15. The zero-order valence-electron chi connectivity index (χ0n) is 13.2. The molecule has 0 radical (unpaired) electrons. The molecule has 0 spiro atoms. The van der Waals surface area contributed by atoms with Crippen LogP contribution in [-0.4, -0.2) is 20.7 Å². The van der Waals surface area contributed by atoms with E-state index in [1.54, 1.807) is 23.1 Å². The fraction of sp³-hybridized carbons (Fsp3) is 0.562. The number of nitrogens with zero attached hydrogens (tertiary/aromatic N) is 3. The Labute approximate surface area is 134 Å². The third kappa shape index (κ3) is 3.21. The average Bonchev–Trinajstić information content (AvgIpc) is 3.02. The van der Waals surface area contributed by atoms with Gasteiger partial charge in [-0.15, -0.1) is 11.3 Å². The number of fused-ring (bicyclic) bond motifs is 1. The lowest BCUT2D eigenvalue weighted by atomic mass is 10.0. The first-order valence-electron chi connectivity index (χ1n) is 8.00. The van der Waals surface area contributed by atoms with Gasteiger partial charge in [0.15, 0.2) is 5.13 Å². The summed E-state index contributed by atoms with van der Waals surface area (Å²) in [6, 6.07) is 1.85. The number of aromatic nitrogens is 3. The van der Waals surface area contributed by atoms with Gasteiger partial charge in [0, 0.05) is 11.9 Å². The quantitative estimate of drug-likeness (QED) is 0.944. The third-order valence-electron chi connectivity index (χ3n) is 4.09. The molecule has 2 heterocycles. The van der Waals surface area contributed by atoms with Crippen LogP contribution in [0.5, 0.6) is 0 Å². The Bertz CT molecular complexity index is 648. The molecule has 0 fully saturated rings. The first-order valence-corrected chi connectivity index (χ1v) is 8.82. The molecule has 0 aliphatic heterocycles. The maximum absolute atomic E-state index is 12.4. The Kier molecular flexibility index (Phi) is 4.57. The SMILES string of the molecule is CCc1cc(C(=O)Nc2nc3c(s2)CCCCCC3)n(C)n1. The highest BCUT2D eigenvalue weighted by Crippen LogP contribution is 2.28. The fourth-order valence-electron chi connectivity index (χ4n) is 2.83. The van der Waals surface area contributed by atoms with Crippen molar-refractivity contribution in [1.82, 2.24) is 14.8 Å². The molecule has 2 aromatic heterocycles. The van der Waals surface area contributed by atoms with E-state index in [1.165, 1.54) is 36.3 Å². The van der Waals surface area contributed by atoms with Crippen molar-refractivity contribution < 1.29 is 4.79 Å². The van der Waals surface area contributed by atoms with Crippen LogP contribution < -0.4 is 5.32 Å². The van der Waals surface area contributed by atoms with Crippen molar-refractivity contribution in [2.45, 2.75) is 51.9 Å². The third-order valence-corrected chi connectivity index (χ3v) is 5.16. The molecule has 0 atom stereocenters. The molecule has 6 heteroatoms. The molecule has 0 bridgehead atoms. The van der Waals surface area contributed by atoms with Gasteiger partial charge in [-0.3, -0.25) is 14.8 Å². The Balaban J connectivity index is 1.76. The highest BCUT2D eigenvalue weighted by Gasteiger charge is 2.17. The van der Waals surface area contributed by atoms with Gasteiger partial charge in [-0.05, 0) is 38.2 Å². The number of thiazole rings is 1. The van der Waals surface area contributed by atoms with Crippen molar-refractivity contribution in [3.05, 3.63) is 28.0 Å². The molecule has 0 saturated carbocycles. The van der Waals surface area contributed by atoms with Gasteiger partial charge < -0.3 is 0 Å². The van der Waals surface area contributed by atoms with Crippen LogP contribution >= 0.6 is 11.3 Å². The van der Waals surface area contributed by atoms with Crippen LogP contribution in [0.4, 0.5) is 5.13 Å². The van der Waals surface area contributed by atoms with Gasteiger partial charge in [-0.1, -0.05) is 19.8 Å². The summed E-state index contributed by atoms with van der Waals surface area (Å²) in [5.74, 6) is -0.128. The van der Waals surface area contributed by atoms with E-state index in [-0.39, 0.29) is 5.91 Å². The average molecular weight is 318 g/mol. The van der Waals surface area contributed by atoms with Crippen LogP contribution in [0, 0.1) is 0 Å². The van der Waals surface area contributed by atoms with Crippen molar-refractivity contribution in [2.75, 3.05) is 5.32 Å². The van der Waals surface area contributed by atoms with E-state index < -0.39 is 0 Å². The number of hydrogen-bond acceptors (Lipinski definition) is 4. The Morgan fingerprint density at radius 3 is 2.82 bits per heavy atom. The predicted octanol–water partition coefficient (Wildman–Crippen LogP) is 3.35. The van der Waals surface area contributed by atoms with Crippen LogP contribution in [0.15, 0.2) is 6.07 Å². The summed E-state index contributed by atoms with van der Waals surface area (Å²) in [5.41, 5.74) is 2.69. The number of aryl methyl sites for hydroxylation is 4. The molecule has 0 aromatic carbocycles. The van der Waals surface area contributed by atoms with Gasteiger partial charge >= 0.3 is 0 Å². The monoisotopic (exact) mass is 318 g/mol. The summed E-state index contributed by atoms with van der Waals surface area (Å²) in [5, 5.41) is 7.98. The smallest absolute Gasteiger partial charge is 0.275 e. The van der Waals surface area contributed by atoms with Crippen molar-refractivity contribution in [1.29, 1.82) is 0 Å². The van der Waals surface area contributed by atoms with Crippen LogP contribution in [0.1, 0.15) is 59.4 Å². The van der Waals surface area contributed by atoms with E-state index in [9.17, 15) is 4.79 Å². The Morgan fingerprint density at radius 2 is 2.09 bits per heavy atom. The lowest BCUT2D eigenvalue weighted by molar-refractivity contribution is 0.101. The van der Waals surface area contributed by atoms with Gasteiger partial charge in [0.25, 0.3) is 5.91 Å². The molecule has 1 amide bonds. The highest BCUT2D eigenvalue weighted by atomic mass is 32.1. The molecule has 1 aliphatic rings. The molecule has 5 nitrogen and oxygen atoms in total. The molecule has 1 N–H and O–H groups in total. The van der Waals surface area contributed by atoms with Gasteiger partial charge in [-0.2, -0.15) is 5.10 Å². The van der Waals surface area contributed by atoms with E-state index in [0.717, 1.165) is 30.1 Å². The van der Waals surface area contributed by atoms with Gasteiger partial charge in [0.2, 0.25) is 0 Å². The number of carbonyl (C=O) groups excluding carboxylic acids is 1.